The molecular formula is C8H10F3N5O2. The Kier molecular flexibility index (Phi) is 3.58. The van der Waals surface area contributed by atoms with Gasteiger partial charge in [-0.1, -0.05) is 0 Å². The van der Waals surface area contributed by atoms with E-state index in [4.69, 9.17) is 5.73 Å². The third-order valence-electron chi connectivity index (χ3n) is 2.02. The van der Waals surface area contributed by atoms with Gasteiger partial charge in [-0.15, -0.1) is 0 Å². The lowest BCUT2D eigenvalue weighted by molar-refractivity contribution is -0.385. The van der Waals surface area contributed by atoms with Gasteiger partial charge in [-0.25, -0.2) is 4.98 Å². The van der Waals surface area contributed by atoms with Crippen molar-refractivity contribution in [1.29, 1.82) is 0 Å². The summed E-state index contributed by atoms with van der Waals surface area (Å²) >= 11 is 0. The Hall–Kier alpha value is -2.13. The average Bonchev–Trinajstić information content (AvgIpc) is 2.12. The van der Waals surface area contributed by atoms with Crippen LogP contribution in [0.15, 0.2) is 0 Å². The Balaban J connectivity index is 3.26. The zero-order chi connectivity index (χ0) is 14.1. The van der Waals surface area contributed by atoms with Crippen molar-refractivity contribution in [2.75, 3.05) is 24.2 Å². The summed E-state index contributed by atoms with van der Waals surface area (Å²) in [6, 6.07) is 0. The first-order valence-electron chi connectivity index (χ1n) is 4.68. The molecule has 0 saturated carbocycles. The van der Waals surface area contributed by atoms with E-state index in [0.29, 0.717) is 4.90 Å². The highest BCUT2D eigenvalue weighted by molar-refractivity contribution is 5.61. The summed E-state index contributed by atoms with van der Waals surface area (Å²) in [5.41, 5.74) is 4.60. The first-order valence-corrected chi connectivity index (χ1v) is 4.68. The molecule has 0 amide bonds. The monoisotopic (exact) mass is 265 g/mol. The van der Waals surface area contributed by atoms with Gasteiger partial charge >= 0.3 is 11.9 Å². The van der Waals surface area contributed by atoms with Crippen LogP contribution in [0, 0.1) is 17.0 Å². The molecule has 0 unspecified atom stereocenters. The zero-order valence-electron chi connectivity index (χ0n) is 9.52. The minimum atomic E-state index is -4.50. The Bertz CT molecular complexity index is 477. The number of anilines is 2. The Labute approximate surface area is 99.6 Å². The summed E-state index contributed by atoms with van der Waals surface area (Å²) in [5.74, 6) is -0.774. The van der Waals surface area contributed by atoms with Gasteiger partial charge in [-0.3, -0.25) is 10.1 Å². The highest BCUT2D eigenvalue weighted by Crippen LogP contribution is 2.30. The van der Waals surface area contributed by atoms with Crippen molar-refractivity contribution in [1.82, 2.24) is 9.97 Å². The van der Waals surface area contributed by atoms with Crippen LogP contribution in [-0.2, 0) is 0 Å². The zero-order valence-corrected chi connectivity index (χ0v) is 9.52. The number of nitrogen functional groups attached to an aromatic ring is 1. The molecule has 0 aliphatic heterocycles. The molecule has 0 fully saturated rings. The van der Waals surface area contributed by atoms with Crippen LogP contribution in [0.5, 0.6) is 0 Å². The third kappa shape index (κ3) is 3.18. The number of aromatic nitrogens is 2. The lowest BCUT2D eigenvalue weighted by Crippen LogP contribution is -2.32. The molecule has 0 radical (unpaired) electrons. The number of nitrogens with zero attached hydrogens (tertiary/aromatic N) is 4. The molecule has 0 aliphatic carbocycles. The van der Waals surface area contributed by atoms with Crippen molar-refractivity contribution < 1.29 is 18.1 Å². The number of aryl methyl sites for hydroxylation is 1. The molecule has 0 aliphatic rings. The molecule has 10 heteroatoms. The van der Waals surface area contributed by atoms with Gasteiger partial charge in [0.15, 0.2) is 0 Å². The highest BCUT2D eigenvalue weighted by atomic mass is 19.4. The van der Waals surface area contributed by atoms with Gasteiger partial charge in [0.25, 0.3) is 0 Å². The van der Waals surface area contributed by atoms with Crippen LogP contribution in [0.4, 0.5) is 30.6 Å². The molecular weight excluding hydrogens is 255 g/mol. The molecule has 1 aromatic rings. The molecule has 0 saturated heterocycles. The van der Waals surface area contributed by atoms with Crippen molar-refractivity contribution in [2.45, 2.75) is 13.1 Å². The molecule has 1 aromatic heterocycles. The normalized spacial score (nSPS) is 11.4. The van der Waals surface area contributed by atoms with Gasteiger partial charge < -0.3 is 10.6 Å². The first kappa shape index (κ1) is 13.9. The summed E-state index contributed by atoms with van der Waals surface area (Å²) in [5, 5.41) is 10.8. The number of alkyl halides is 3. The van der Waals surface area contributed by atoms with Crippen LogP contribution in [0.2, 0.25) is 0 Å². The van der Waals surface area contributed by atoms with Crippen LogP contribution >= 0.6 is 0 Å². The lowest BCUT2D eigenvalue weighted by atomic mass is 10.3. The largest absolute Gasteiger partial charge is 0.405 e. The summed E-state index contributed by atoms with van der Waals surface area (Å²) in [6.07, 6.45) is -4.50. The molecule has 1 rings (SSSR count). The van der Waals surface area contributed by atoms with E-state index in [0.717, 1.165) is 7.05 Å². The van der Waals surface area contributed by atoms with Gasteiger partial charge in [0.2, 0.25) is 11.8 Å². The first-order chi connectivity index (χ1) is 8.11. The van der Waals surface area contributed by atoms with E-state index in [-0.39, 0.29) is 11.6 Å². The number of nitrogens with two attached hydrogens (primary N) is 1. The summed E-state index contributed by atoms with van der Waals surface area (Å²) < 4.78 is 36.7. The predicted molar refractivity (Wildman–Crippen MR) is 57.2 cm³/mol. The maximum absolute atomic E-state index is 12.2. The Morgan fingerprint density at radius 3 is 2.44 bits per heavy atom. The van der Waals surface area contributed by atoms with E-state index < -0.39 is 29.1 Å². The Morgan fingerprint density at radius 1 is 1.44 bits per heavy atom. The number of hydrogen-bond acceptors (Lipinski definition) is 6. The fourth-order valence-corrected chi connectivity index (χ4v) is 1.40. The number of rotatable bonds is 3. The fourth-order valence-electron chi connectivity index (χ4n) is 1.40. The summed E-state index contributed by atoms with van der Waals surface area (Å²) in [6.45, 7) is -0.0924. The van der Waals surface area contributed by atoms with Gasteiger partial charge in [0, 0.05) is 7.05 Å². The maximum Gasteiger partial charge on any atom is 0.405 e. The van der Waals surface area contributed by atoms with Crippen molar-refractivity contribution in [3.8, 4) is 0 Å². The summed E-state index contributed by atoms with van der Waals surface area (Å²) in [4.78, 5) is 17.6. The SMILES string of the molecule is Cc1nc(N)nc(N(C)CC(F)(F)F)c1[N+](=O)[O-]. The molecule has 100 valence electrons. The standard InChI is InChI=1S/C8H10F3N5O2/c1-4-5(16(17)18)6(14-7(12)13-4)15(2)3-8(9,10)11/h3H2,1-2H3,(H2,12,13,14). The van der Waals surface area contributed by atoms with E-state index in [1.807, 2.05) is 0 Å². The molecule has 1 heterocycles. The van der Waals surface area contributed by atoms with Gasteiger partial charge in [0.05, 0.1) is 4.92 Å². The predicted octanol–water partition coefficient (Wildman–Crippen LogP) is 1.27. The lowest BCUT2D eigenvalue weighted by Gasteiger charge is -2.20. The van der Waals surface area contributed by atoms with Crippen LogP contribution in [-0.4, -0.2) is 34.7 Å². The maximum atomic E-state index is 12.2. The fraction of sp³-hybridized carbons (Fsp3) is 0.500. The molecule has 7 nitrogen and oxygen atoms in total. The molecule has 0 atom stereocenters. The smallest absolute Gasteiger partial charge is 0.368 e. The third-order valence-corrected chi connectivity index (χ3v) is 2.02. The van der Waals surface area contributed by atoms with Gasteiger partial charge in [-0.05, 0) is 6.92 Å². The topological polar surface area (TPSA) is 98.2 Å². The van der Waals surface area contributed by atoms with Gasteiger partial charge in [-0.2, -0.15) is 18.2 Å². The second kappa shape index (κ2) is 4.63. The van der Waals surface area contributed by atoms with Gasteiger partial charge in [0.1, 0.15) is 12.2 Å². The van der Waals surface area contributed by atoms with E-state index in [1.54, 1.807) is 0 Å². The van der Waals surface area contributed by atoms with Crippen molar-refractivity contribution in [3.63, 3.8) is 0 Å². The minimum absolute atomic E-state index is 0.0866. The van der Waals surface area contributed by atoms with Crippen LogP contribution in [0.3, 0.4) is 0 Å². The van der Waals surface area contributed by atoms with Crippen molar-refractivity contribution >= 4 is 17.5 Å². The van der Waals surface area contributed by atoms with Crippen molar-refractivity contribution in [2.24, 2.45) is 0 Å². The minimum Gasteiger partial charge on any atom is -0.368 e. The van der Waals surface area contributed by atoms with Crippen LogP contribution < -0.4 is 10.6 Å². The summed E-state index contributed by atoms with van der Waals surface area (Å²) in [7, 11) is 1.04. The number of halogens is 3. The molecule has 18 heavy (non-hydrogen) atoms. The van der Waals surface area contributed by atoms with Crippen LogP contribution in [0.25, 0.3) is 0 Å². The molecule has 0 aromatic carbocycles. The number of hydrogen-bond donors (Lipinski definition) is 1. The second-order valence-corrected chi connectivity index (χ2v) is 3.57. The van der Waals surface area contributed by atoms with E-state index >= 15 is 0 Å². The molecule has 2 N–H and O–H groups in total. The Morgan fingerprint density at radius 2 is 2.00 bits per heavy atom. The molecule has 0 bridgehead atoms. The average molecular weight is 265 g/mol. The van der Waals surface area contributed by atoms with Crippen LogP contribution in [0.1, 0.15) is 5.69 Å². The quantitative estimate of drug-likeness (QED) is 0.652. The second-order valence-electron chi connectivity index (χ2n) is 3.57. The van der Waals surface area contributed by atoms with Crippen molar-refractivity contribution in [3.05, 3.63) is 15.8 Å². The van der Waals surface area contributed by atoms with E-state index in [2.05, 4.69) is 9.97 Å². The molecule has 0 spiro atoms. The van der Waals surface area contributed by atoms with E-state index in [1.165, 1.54) is 6.92 Å². The number of nitro groups is 1. The highest BCUT2D eigenvalue weighted by Gasteiger charge is 2.33. The van der Waals surface area contributed by atoms with E-state index in [9.17, 15) is 23.3 Å².